The molecule has 31 heavy (non-hydrogen) atoms. The molecule has 1 saturated heterocycles. The second-order valence-electron chi connectivity index (χ2n) is 9.62. The highest BCUT2D eigenvalue weighted by atomic mass is 35.5. The van der Waals surface area contributed by atoms with E-state index in [1.165, 1.54) is 12.8 Å². The Morgan fingerprint density at radius 2 is 1.84 bits per heavy atom. The minimum Gasteiger partial charge on any atom is -0.379 e. The SMILES string of the molecule is CC(C)(C)C(/C=C\c1ccc(Cl)cc1Cl)n1nnnc1C1(N2CCOCC2)CCCC1. The zero-order valence-electron chi connectivity index (χ0n) is 18.5. The van der Waals surface area contributed by atoms with Crippen LogP contribution in [0.15, 0.2) is 24.3 Å². The van der Waals surface area contributed by atoms with Crippen molar-refractivity contribution in [1.29, 1.82) is 0 Å². The van der Waals surface area contributed by atoms with Crippen LogP contribution >= 0.6 is 23.2 Å². The van der Waals surface area contributed by atoms with Gasteiger partial charge in [-0.3, -0.25) is 4.90 Å². The predicted molar refractivity (Wildman–Crippen MR) is 124 cm³/mol. The van der Waals surface area contributed by atoms with Crippen molar-refractivity contribution in [2.24, 2.45) is 5.41 Å². The number of rotatable bonds is 5. The third kappa shape index (κ3) is 4.68. The molecule has 1 aromatic carbocycles. The molecule has 2 fully saturated rings. The number of aromatic nitrogens is 4. The summed E-state index contributed by atoms with van der Waals surface area (Å²) >= 11 is 12.5. The van der Waals surface area contributed by atoms with Gasteiger partial charge in [-0.1, -0.05) is 75.0 Å². The highest BCUT2D eigenvalue weighted by molar-refractivity contribution is 6.35. The van der Waals surface area contributed by atoms with E-state index >= 15 is 0 Å². The first-order chi connectivity index (χ1) is 14.8. The molecule has 2 heterocycles. The summed E-state index contributed by atoms with van der Waals surface area (Å²) in [5.41, 5.74) is 0.714. The van der Waals surface area contributed by atoms with Gasteiger partial charge < -0.3 is 4.74 Å². The Morgan fingerprint density at radius 1 is 1.13 bits per heavy atom. The summed E-state index contributed by atoms with van der Waals surface area (Å²) in [5.74, 6) is 0.971. The number of benzene rings is 1. The van der Waals surface area contributed by atoms with Crippen LogP contribution in [-0.4, -0.2) is 51.4 Å². The largest absolute Gasteiger partial charge is 0.379 e. The van der Waals surface area contributed by atoms with Crippen molar-refractivity contribution in [3.63, 3.8) is 0 Å². The zero-order chi connectivity index (χ0) is 22.1. The number of ether oxygens (including phenoxy) is 1. The van der Waals surface area contributed by atoms with Gasteiger partial charge in [0.1, 0.15) is 0 Å². The van der Waals surface area contributed by atoms with Gasteiger partial charge in [0.15, 0.2) is 5.82 Å². The normalized spacial score (nSPS) is 21.1. The van der Waals surface area contributed by atoms with E-state index in [1.54, 1.807) is 6.07 Å². The van der Waals surface area contributed by atoms with E-state index in [0.29, 0.717) is 10.0 Å². The lowest BCUT2D eigenvalue weighted by Crippen LogP contribution is -2.51. The molecule has 1 aliphatic heterocycles. The van der Waals surface area contributed by atoms with Gasteiger partial charge in [-0.2, -0.15) is 0 Å². The molecule has 0 radical (unpaired) electrons. The Labute approximate surface area is 194 Å². The minimum absolute atomic E-state index is 0.0252. The Bertz CT molecular complexity index is 924. The van der Waals surface area contributed by atoms with Gasteiger partial charge >= 0.3 is 0 Å². The predicted octanol–water partition coefficient (Wildman–Crippen LogP) is 5.38. The molecule has 1 unspecified atom stereocenters. The standard InChI is InChI=1S/C23H31Cl2N5O/c1-22(2,3)20(9-7-17-6-8-18(24)16-19(17)25)30-21(26-27-28-30)23(10-4-5-11-23)29-12-14-31-15-13-29/h6-9,16,20H,4-5,10-15H2,1-3H3/b9-7-. The number of nitrogens with zero attached hydrogens (tertiary/aromatic N) is 5. The molecule has 0 N–H and O–H groups in total. The topological polar surface area (TPSA) is 56.1 Å². The molecular weight excluding hydrogens is 433 g/mol. The van der Waals surface area contributed by atoms with Gasteiger partial charge in [0.05, 0.1) is 24.8 Å². The molecule has 0 spiro atoms. The average Bonchev–Trinajstić information content (AvgIpc) is 3.40. The smallest absolute Gasteiger partial charge is 0.172 e. The molecule has 1 aliphatic carbocycles. The lowest BCUT2D eigenvalue weighted by Gasteiger charge is -2.43. The maximum Gasteiger partial charge on any atom is 0.172 e. The maximum atomic E-state index is 6.41. The summed E-state index contributed by atoms with van der Waals surface area (Å²) in [6.45, 7) is 10.0. The van der Waals surface area contributed by atoms with Crippen molar-refractivity contribution >= 4 is 29.3 Å². The van der Waals surface area contributed by atoms with Crippen LogP contribution < -0.4 is 0 Å². The summed E-state index contributed by atoms with van der Waals surface area (Å²) in [5, 5.41) is 14.5. The second kappa shape index (κ2) is 9.18. The Balaban J connectivity index is 1.73. The molecule has 2 aromatic rings. The van der Waals surface area contributed by atoms with Crippen LogP contribution in [0.4, 0.5) is 0 Å². The fourth-order valence-electron chi connectivity index (χ4n) is 4.89. The summed E-state index contributed by atoms with van der Waals surface area (Å²) in [6.07, 6.45) is 8.77. The monoisotopic (exact) mass is 463 g/mol. The van der Waals surface area contributed by atoms with Crippen LogP contribution in [-0.2, 0) is 10.3 Å². The van der Waals surface area contributed by atoms with Gasteiger partial charge in [0.2, 0.25) is 0 Å². The first-order valence-electron chi connectivity index (χ1n) is 11.1. The van der Waals surface area contributed by atoms with Crippen LogP contribution in [0, 0.1) is 5.41 Å². The summed E-state index contributed by atoms with van der Waals surface area (Å²) < 4.78 is 7.67. The van der Waals surface area contributed by atoms with Crippen LogP contribution in [0.25, 0.3) is 6.08 Å². The molecule has 6 nitrogen and oxygen atoms in total. The quantitative estimate of drug-likeness (QED) is 0.595. The summed E-state index contributed by atoms with van der Waals surface area (Å²) in [7, 11) is 0. The molecule has 4 rings (SSSR count). The third-order valence-corrected chi connectivity index (χ3v) is 7.09. The van der Waals surface area contributed by atoms with Crippen LogP contribution in [0.1, 0.15) is 63.9 Å². The van der Waals surface area contributed by atoms with Crippen molar-refractivity contribution in [2.75, 3.05) is 26.3 Å². The fourth-order valence-corrected chi connectivity index (χ4v) is 5.36. The van der Waals surface area contributed by atoms with Gasteiger partial charge in [-0.25, -0.2) is 4.68 Å². The molecule has 0 amide bonds. The van der Waals surface area contributed by atoms with Crippen LogP contribution in [0.3, 0.4) is 0 Å². The minimum atomic E-state index is -0.122. The maximum absolute atomic E-state index is 6.41. The molecule has 1 saturated carbocycles. The Hall–Kier alpha value is -1.47. The van der Waals surface area contributed by atoms with E-state index in [4.69, 9.17) is 27.9 Å². The van der Waals surface area contributed by atoms with E-state index < -0.39 is 0 Å². The number of hydrogen-bond acceptors (Lipinski definition) is 5. The van der Waals surface area contributed by atoms with E-state index in [-0.39, 0.29) is 17.0 Å². The van der Waals surface area contributed by atoms with Gasteiger partial charge in [0, 0.05) is 23.1 Å². The number of hydrogen-bond donors (Lipinski definition) is 0. The second-order valence-corrected chi connectivity index (χ2v) is 10.5. The first kappa shape index (κ1) is 22.7. The number of tetrazole rings is 1. The van der Waals surface area contributed by atoms with E-state index in [0.717, 1.165) is 50.5 Å². The first-order valence-corrected chi connectivity index (χ1v) is 11.8. The number of halogens is 2. The van der Waals surface area contributed by atoms with Crippen molar-refractivity contribution in [3.8, 4) is 0 Å². The fraction of sp³-hybridized carbons (Fsp3) is 0.609. The highest BCUT2D eigenvalue weighted by Gasteiger charge is 2.47. The van der Waals surface area contributed by atoms with Gasteiger partial charge in [0.25, 0.3) is 0 Å². The van der Waals surface area contributed by atoms with E-state index in [2.05, 4.69) is 53.3 Å². The van der Waals surface area contributed by atoms with Crippen molar-refractivity contribution in [3.05, 3.63) is 45.7 Å². The van der Waals surface area contributed by atoms with E-state index in [9.17, 15) is 0 Å². The average molecular weight is 464 g/mol. The van der Waals surface area contributed by atoms with E-state index in [1.807, 2.05) is 16.8 Å². The van der Waals surface area contributed by atoms with Crippen molar-refractivity contribution < 1.29 is 4.74 Å². The van der Waals surface area contributed by atoms with Crippen molar-refractivity contribution in [2.45, 2.75) is 58.0 Å². The Morgan fingerprint density at radius 3 is 2.48 bits per heavy atom. The third-order valence-electron chi connectivity index (χ3n) is 6.53. The van der Waals surface area contributed by atoms with Gasteiger partial charge in [-0.15, -0.1) is 5.10 Å². The molecule has 1 atom stereocenters. The lowest BCUT2D eigenvalue weighted by atomic mass is 9.85. The molecule has 8 heteroatoms. The summed E-state index contributed by atoms with van der Waals surface area (Å²) in [4.78, 5) is 2.55. The molecular formula is C23H31Cl2N5O. The highest BCUT2D eigenvalue weighted by Crippen LogP contribution is 2.45. The van der Waals surface area contributed by atoms with Crippen molar-refractivity contribution in [1.82, 2.24) is 25.1 Å². The van der Waals surface area contributed by atoms with Gasteiger partial charge in [-0.05, 0) is 46.4 Å². The Kier molecular flexibility index (Phi) is 6.73. The molecule has 0 bridgehead atoms. The zero-order valence-corrected chi connectivity index (χ0v) is 20.0. The lowest BCUT2D eigenvalue weighted by molar-refractivity contribution is -0.0291. The number of morpholine rings is 1. The summed E-state index contributed by atoms with van der Waals surface area (Å²) in [6, 6.07) is 5.53. The van der Waals surface area contributed by atoms with Crippen LogP contribution in [0.5, 0.6) is 0 Å². The molecule has 1 aromatic heterocycles. The van der Waals surface area contributed by atoms with Crippen LogP contribution in [0.2, 0.25) is 10.0 Å². The molecule has 2 aliphatic rings. The molecule has 168 valence electrons. The number of allylic oxidation sites excluding steroid dienone is 1.